The highest BCUT2D eigenvalue weighted by molar-refractivity contribution is 7.71. The largest absolute Gasteiger partial charge is 0.396 e. The highest BCUT2D eigenvalue weighted by atomic mass is 32.1. The SMILES string of the molecule is Nc1ccn[nH]c1=S. The van der Waals surface area contributed by atoms with Crippen molar-refractivity contribution in [2.45, 2.75) is 0 Å². The summed E-state index contributed by atoms with van der Waals surface area (Å²) in [4.78, 5) is 0. The highest BCUT2D eigenvalue weighted by Crippen LogP contribution is 1.95. The topological polar surface area (TPSA) is 54.7 Å². The van der Waals surface area contributed by atoms with E-state index in [0.29, 0.717) is 10.3 Å². The van der Waals surface area contributed by atoms with Crippen LogP contribution in [0.25, 0.3) is 0 Å². The summed E-state index contributed by atoms with van der Waals surface area (Å²) in [5.41, 5.74) is 5.91. The van der Waals surface area contributed by atoms with Gasteiger partial charge in [0.2, 0.25) is 0 Å². The minimum atomic E-state index is 0.493. The third-order valence-electron chi connectivity index (χ3n) is 0.757. The number of hydrogen-bond donors (Lipinski definition) is 2. The number of nitrogen functional groups attached to an aromatic ring is 1. The lowest BCUT2D eigenvalue weighted by Crippen LogP contribution is -1.88. The molecule has 8 heavy (non-hydrogen) atoms. The first-order valence-electron chi connectivity index (χ1n) is 2.10. The Balaban J connectivity index is 3.35. The molecule has 0 saturated carbocycles. The van der Waals surface area contributed by atoms with Crippen molar-refractivity contribution < 1.29 is 0 Å². The van der Waals surface area contributed by atoms with E-state index in [0.717, 1.165) is 0 Å². The number of aromatic nitrogens is 2. The van der Waals surface area contributed by atoms with Crippen LogP contribution in [-0.4, -0.2) is 10.2 Å². The lowest BCUT2D eigenvalue weighted by Gasteiger charge is -1.86. The summed E-state index contributed by atoms with van der Waals surface area (Å²) in [6.45, 7) is 0. The van der Waals surface area contributed by atoms with Gasteiger partial charge in [-0.05, 0) is 6.07 Å². The Morgan fingerprint density at radius 3 is 2.88 bits per heavy atom. The van der Waals surface area contributed by atoms with Crippen LogP contribution in [0.4, 0.5) is 5.69 Å². The molecule has 1 aromatic heterocycles. The molecule has 0 aliphatic rings. The molecule has 1 rings (SSSR count). The van der Waals surface area contributed by atoms with Gasteiger partial charge in [0.1, 0.15) is 4.64 Å². The zero-order valence-electron chi connectivity index (χ0n) is 4.09. The van der Waals surface area contributed by atoms with Gasteiger partial charge in [0, 0.05) is 6.20 Å². The van der Waals surface area contributed by atoms with Gasteiger partial charge < -0.3 is 5.73 Å². The maximum absolute atomic E-state index is 5.34. The van der Waals surface area contributed by atoms with Crippen molar-refractivity contribution in [1.29, 1.82) is 0 Å². The molecule has 4 heteroatoms. The Labute approximate surface area is 51.5 Å². The average Bonchev–Trinajstić information content (AvgIpc) is 1.77. The van der Waals surface area contributed by atoms with Gasteiger partial charge in [-0.3, -0.25) is 5.10 Å². The van der Waals surface area contributed by atoms with E-state index in [1.54, 1.807) is 12.3 Å². The van der Waals surface area contributed by atoms with Crippen LogP contribution in [0.5, 0.6) is 0 Å². The van der Waals surface area contributed by atoms with Crippen LogP contribution in [0.2, 0.25) is 0 Å². The molecule has 0 aliphatic carbocycles. The van der Waals surface area contributed by atoms with Crippen LogP contribution < -0.4 is 5.73 Å². The van der Waals surface area contributed by atoms with Crippen molar-refractivity contribution in [3.63, 3.8) is 0 Å². The van der Waals surface area contributed by atoms with Gasteiger partial charge in [-0.15, -0.1) is 0 Å². The molecule has 3 N–H and O–H groups in total. The summed E-state index contributed by atoms with van der Waals surface area (Å²) >= 11 is 4.71. The van der Waals surface area contributed by atoms with Gasteiger partial charge in [0.05, 0.1) is 5.69 Å². The van der Waals surface area contributed by atoms with Crippen LogP contribution >= 0.6 is 12.2 Å². The lowest BCUT2D eigenvalue weighted by molar-refractivity contribution is 1.02. The molecule has 0 bridgehead atoms. The van der Waals surface area contributed by atoms with E-state index in [9.17, 15) is 0 Å². The van der Waals surface area contributed by atoms with Gasteiger partial charge in [0.25, 0.3) is 0 Å². The second-order valence-corrected chi connectivity index (χ2v) is 1.75. The van der Waals surface area contributed by atoms with Crippen LogP contribution in [0.1, 0.15) is 0 Å². The van der Waals surface area contributed by atoms with Crippen molar-refractivity contribution in [1.82, 2.24) is 10.2 Å². The fourth-order valence-corrected chi connectivity index (χ4v) is 0.474. The van der Waals surface area contributed by atoms with Crippen molar-refractivity contribution in [3.05, 3.63) is 16.9 Å². The predicted octanol–water partition coefficient (Wildman–Crippen LogP) is 0.721. The summed E-state index contributed by atoms with van der Waals surface area (Å²) in [6, 6.07) is 1.65. The van der Waals surface area contributed by atoms with Gasteiger partial charge in [-0.2, -0.15) is 5.10 Å². The van der Waals surface area contributed by atoms with Crippen molar-refractivity contribution in [2.24, 2.45) is 0 Å². The number of nitrogens with one attached hydrogen (secondary N) is 1. The molecule has 0 amide bonds. The monoisotopic (exact) mass is 127 g/mol. The van der Waals surface area contributed by atoms with E-state index in [2.05, 4.69) is 10.2 Å². The quantitative estimate of drug-likeness (QED) is 0.505. The molecule has 0 radical (unpaired) electrons. The lowest BCUT2D eigenvalue weighted by atomic mass is 10.5. The Morgan fingerprint density at radius 1 is 1.75 bits per heavy atom. The zero-order chi connectivity index (χ0) is 5.98. The first-order valence-corrected chi connectivity index (χ1v) is 2.50. The van der Waals surface area contributed by atoms with Crippen molar-refractivity contribution >= 4 is 17.9 Å². The molecule has 0 fully saturated rings. The Kier molecular flexibility index (Phi) is 1.26. The normalized spacial score (nSPS) is 9.00. The third-order valence-corrected chi connectivity index (χ3v) is 1.08. The smallest absolute Gasteiger partial charge is 0.142 e. The number of anilines is 1. The number of aromatic amines is 1. The number of rotatable bonds is 0. The molecule has 1 aromatic rings. The second kappa shape index (κ2) is 1.92. The molecular formula is C4H5N3S. The third kappa shape index (κ3) is 0.840. The van der Waals surface area contributed by atoms with E-state index in [4.69, 9.17) is 18.0 Å². The van der Waals surface area contributed by atoms with E-state index in [1.807, 2.05) is 0 Å². The van der Waals surface area contributed by atoms with Gasteiger partial charge in [0.15, 0.2) is 0 Å². The fraction of sp³-hybridized carbons (Fsp3) is 0. The van der Waals surface area contributed by atoms with Crippen LogP contribution in [-0.2, 0) is 0 Å². The fourth-order valence-electron chi connectivity index (χ4n) is 0.354. The van der Waals surface area contributed by atoms with Gasteiger partial charge >= 0.3 is 0 Å². The second-order valence-electron chi connectivity index (χ2n) is 1.34. The molecule has 0 aliphatic heterocycles. The molecule has 0 unspecified atom stereocenters. The summed E-state index contributed by atoms with van der Waals surface area (Å²) in [7, 11) is 0. The van der Waals surface area contributed by atoms with Gasteiger partial charge in [-0.1, -0.05) is 12.2 Å². The van der Waals surface area contributed by atoms with Crippen LogP contribution in [0.15, 0.2) is 12.3 Å². The van der Waals surface area contributed by atoms with Gasteiger partial charge in [-0.25, -0.2) is 0 Å². The molecule has 0 atom stereocenters. The number of H-pyrrole nitrogens is 1. The molecule has 0 aromatic carbocycles. The molecule has 42 valence electrons. The zero-order valence-corrected chi connectivity index (χ0v) is 4.90. The molecular weight excluding hydrogens is 122 g/mol. The first-order chi connectivity index (χ1) is 3.80. The van der Waals surface area contributed by atoms with Crippen molar-refractivity contribution in [2.75, 3.05) is 5.73 Å². The average molecular weight is 127 g/mol. The molecule has 1 heterocycles. The van der Waals surface area contributed by atoms with Crippen LogP contribution in [0, 0.1) is 4.64 Å². The maximum Gasteiger partial charge on any atom is 0.142 e. The van der Waals surface area contributed by atoms with E-state index in [-0.39, 0.29) is 0 Å². The summed E-state index contributed by atoms with van der Waals surface area (Å²) < 4.78 is 0.493. The minimum absolute atomic E-state index is 0.493. The Bertz CT molecular complexity index is 229. The maximum atomic E-state index is 5.34. The summed E-state index contributed by atoms with van der Waals surface area (Å²) in [5.74, 6) is 0. The standard InChI is InChI=1S/C4H5N3S/c5-3-1-2-6-7-4(3)8/h1-2H,(H2,5,6)(H,7,8). The Hall–Kier alpha value is -0.900. The first kappa shape index (κ1) is 5.24. The number of nitrogens with zero attached hydrogens (tertiary/aromatic N) is 1. The summed E-state index contributed by atoms with van der Waals surface area (Å²) in [6.07, 6.45) is 1.56. The van der Waals surface area contributed by atoms with Crippen molar-refractivity contribution in [3.8, 4) is 0 Å². The molecule has 3 nitrogen and oxygen atoms in total. The van der Waals surface area contributed by atoms with Crippen LogP contribution in [0.3, 0.4) is 0 Å². The minimum Gasteiger partial charge on any atom is -0.396 e. The molecule has 0 spiro atoms. The van der Waals surface area contributed by atoms with E-state index >= 15 is 0 Å². The number of hydrogen-bond acceptors (Lipinski definition) is 3. The summed E-state index contributed by atoms with van der Waals surface area (Å²) in [5, 5.41) is 6.18. The predicted molar refractivity (Wildman–Crippen MR) is 33.8 cm³/mol. The van der Waals surface area contributed by atoms with E-state index < -0.39 is 0 Å². The number of nitrogens with two attached hydrogens (primary N) is 1. The van der Waals surface area contributed by atoms with E-state index in [1.165, 1.54) is 0 Å². The highest BCUT2D eigenvalue weighted by Gasteiger charge is 1.81. The Morgan fingerprint density at radius 2 is 2.50 bits per heavy atom. The molecule has 0 saturated heterocycles.